The van der Waals surface area contributed by atoms with Crippen molar-refractivity contribution in [3.05, 3.63) is 30.1 Å². The van der Waals surface area contributed by atoms with Crippen LogP contribution in [-0.4, -0.2) is 48.1 Å². The van der Waals surface area contributed by atoms with Gasteiger partial charge in [0, 0.05) is 13.1 Å². The lowest BCUT2D eigenvalue weighted by Crippen LogP contribution is -2.57. The first-order chi connectivity index (χ1) is 10.7. The summed E-state index contributed by atoms with van der Waals surface area (Å²) in [4.78, 5) is 11.6. The van der Waals surface area contributed by atoms with E-state index in [0.29, 0.717) is 6.42 Å². The minimum Gasteiger partial charge on any atom is -0.481 e. The summed E-state index contributed by atoms with van der Waals surface area (Å²) in [5.74, 6) is -1.75. The van der Waals surface area contributed by atoms with Gasteiger partial charge in [-0.25, -0.2) is 12.8 Å². The van der Waals surface area contributed by atoms with Crippen LogP contribution in [0, 0.1) is 11.2 Å². The number of sulfonamides is 1. The Balaban J connectivity index is 2.36. The zero-order valence-electron chi connectivity index (χ0n) is 12.8. The highest BCUT2D eigenvalue weighted by atomic mass is 32.2. The molecule has 0 radical (unpaired) electrons. The number of nitrogens with zero attached hydrogens (tertiary/aromatic N) is 1. The highest BCUT2D eigenvalue weighted by Gasteiger charge is 2.50. The smallest absolute Gasteiger partial charge is 0.313 e. The van der Waals surface area contributed by atoms with Crippen molar-refractivity contribution in [2.24, 2.45) is 5.41 Å². The average Bonchev–Trinajstić information content (AvgIpc) is 2.49. The molecule has 128 valence electrons. The van der Waals surface area contributed by atoms with Gasteiger partial charge >= 0.3 is 5.97 Å². The van der Waals surface area contributed by atoms with Crippen LogP contribution in [0.15, 0.2) is 29.2 Å². The van der Waals surface area contributed by atoms with Crippen LogP contribution in [-0.2, 0) is 14.8 Å². The minimum absolute atomic E-state index is 0.0274. The molecule has 1 aromatic carbocycles. The minimum atomic E-state index is -3.93. The lowest BCUT2D eigenvalue weighted by molar-refractivity contribution is -0.161. The van der Waals surface area contributed by atoms with Crippen LogP contribution in [0.4, 0.5) is 4.39 Å². The van der Waals surface area contributed by atoms with Crippen molar-refractivity contribution < 1.29 is 27.8 Å². The first-order valence-electron chi connectivity index (χ1n) is 7.41. The Hall–Kier alpha value is -1.51. The van der Waals surface area contributed by atoms with Gasteiger partial charge in [0.05, 0.1) is 11.0 Å². The number of aliphatic hydroxyl groups is 1. The molecule has 8 heteroatoms. The molecule has 6 nitrogen and oxygen atoms in total. The number of carbonyl (C=O) groups is 1. The van der Waals surface area contributed by atoms with Gasteiger partial charge in [0.2, 0.25) is 10.0 Å². The molecular weight excluding hydrogens is 325 g/mol. The molecule has 0 amide bonds. The van der Waals surface area contributed by atoms with E-state index in [1.165, 1.54) is 0 Å². The number of aliphatic carboxylic acids is 1. The van der Waals surface area contributed by atoms with Crippen molar-refractivity contribution >= 4 is 16.0 Å². The SMILES string of the molecule is CCC[C@]1(C(=O)O)CN(S(=O)(=O)c2ccc(F)cc2)CCC1O. The average molecular weight is 345 g/mol. The number of carboxylic acid groups (broad SMARTS) is 1. The Morgan fingerprint density at radius 1 is 1.39 bits per heavy atom. The van der Waals surface area contributed by atoms with Crippen molar-refractivity contribution in [3.63, 3.8) is 0 Å². The number of hydrogen-bond donors (Lipinski definition) is 2. The molecule has 0 bridgehead atoms. The van der Waals surface area contributed by atoms with E-state index < -0.39 is 33.3 Å². The Morgan fingerprint density at radius 3 is 2.52 bits per heavy atom. The van der Waals surface area contributed by atoms with Crippen molar-refractivity contribution in [1.82, 2.24) is 4.31 Å². The first kappa shape index (κ1) is 17.8. The molecule has 1 heterocycles. The summed E-state index contributed by atoms with van der Waals surface area (Å²) in [6.07, 6.45) is -0.362. The Bertz CT molecular complexity index is 676. The molecular formula is C15H20FNO5S. The maximum Gasteiger partial charge on any atom is 0.313 e. The first-order valence-corrected chi connectivity index (χ1v) is 8.85. The molecule has 2 rings (SSSR count). The molecule has 23 heavy (non-hydrogen) atoms. The summed E-state index contributed by atoms with van der Waals surface area (Å²) in [5.41, 5.74) is -1.51. The highest BCUT2D eigenvalue weighted by molar-refractivity contribution is 7.89. The van der Waals surface area contributed by atoms with Crippen molar-refractivity contribution in [1.29, 1.82) is 0 Å². The van der Waals surface area contributed by atoms with Gasteiger partial charge in [-0.05, 0) is 37.1 Å². The molecule has 2 atom stereocenters. The van der Waals surface area contributed by atoms with E-state index in [0.717, 1.165) is 28.6 Å². The van der Waals surface area contributed by atoms with E-state index >= 15 is 0 Å². The summed E-state index contributed by atoms with van der Waals surface area (Å²) in [5, 5.41) is 19.7. The summed E-state index contributed by atoms with van der Waals surface area (Å²) >= 11 is 0. The van der Waals surface area contributed by atoms with Gasteiger partial charge in [0.1, 0.15) is 11.2 Å². The predicted molar refractivity (Wildman–Crippen MR) is 80.8 cm³/mol. The molecule has 1 aliphatic heterocycles. The zero-order valence-corrected chi connectivity index (χ0v) is 13.6. The number of benzene rings is 1. The third-order valence-electron chi connectivity index (χ3n) is 4.32. The number of piperidine rings is 1. The van der Waals surface area contributed by atoms with Crippen LogP contribution < -0.4 is 0 Å². The fourth-order valence-corrected chi connectivity index (χ4v) is 4.54. The van der Waals surface area contributed by atoms with Gasteiger partial charge in [-0.3, -0.25) is 4.79 Å². The maximum atomic E-state index is 13.0. The molecule has 1 fully saturated rings. The third-order valence-corrected chi connectivity index (χ3v) is 6.18. The predicted octanol–water partition coefficient (Wildman–Crippen LogP) is 1.45. The van der Waals surface area contributed by atoms with E-state index in [1.54, 1.807) is 6.92 Å². The Morgan fingerprint density at radius 2 is 2.00 bits per heavy atom. The van der Waals surface area contributed by atoms with E-state index in [1.807, 2.05) is 0 Å². The van der Waals surface area contributed by atoms with Gasteiger partial charge in [-0.15, -0.1) is 0 Å². The van der Waals surface area contributed by atoms with Crippen LogP contribution >= 0.6 is 0 Å². The maximum absolute atomic E-state index is 13.0. The fraction of sp³-hybridized carbons (Fsp3) is 0.533. The second kappa shape index (κ2) is 6.54. The molecule has 1 saturated heterocycles. The highest BCUT2D eigenvalue weighted by Crippen LogP contribution is 2.37. The Labute approximate surface area is 134 Å². The van der Waals surface area contributed by atoms with E-state index in [2.05, 4.69) is 0 Å². The zero-order chi connectivity index (χ0) is 17.3. The molecule has 0 saturated carbocycles. The summed E-state index contributed by atoms with van der Waals surface area (Å²) in [6, 6.07) is 4.39. The van der Waals surface area contributed by atoms with Crippen molar-refractivity contribution in [2.45, 2.75) is 37.2 Å². The molecule has 0 spiro atoms. The van der Waals surface area contributed by atoms with Gasteiger partial charge in [-0.2, -0.15) is 4.31 Å². The second-order valence-electron chi connectivity index (χ2n) is 5.81. The van der Waals surface area contributed by atoms with E-state index in [9.17, 15) is 27.8 Å². The number of hydrogen-bond acceptors (Lipinski definition) is 4. The number of rotatable bonds is 5. The number of aliphatic hydroxyl groups excluding tert-OH is 1. The molecule has 1 aliphatic rings. The monoisotopic (exact) mass is 345 g/mol. The topological polar surface area (TPSA) is 94.9 Å². The van der Waals surface area contributed by atoms with Crippen LogP contribution in [0.5, 0.6) is 0 Å². The van der Waals surface area contributed by atoms with Gasteiger partial charge in [0.15, 0.2) is 0 Å². The lowest BCUT2D eigenvalue weighted by Gasteiger charge is -2.42. The fourth-order valence-electron chi connectivity index (χ4n) is 3.01. The standard InChI is InChI=1S/C15H20FNO5S/c1-2-8-15(14(19)20)10-17(9-7-13(15)18)23(21,22)12-5-3-11(16)4-6-12/h3-6,13,18H,2,7-10H2,1H3,(H,19,20)/t13?,15-/m0/s1. The van der Waals surface area contributed by atoms with Crippen LogP contribution in [0.3, 0.4) is 0 Å². The van der Waals surface area contributed by atoms with E-state index in [4.69, 9.17) is 0 Å². The van der Waals surface area contributed by atoms with Crippen molar-refractivity contribution in [3.8, 4) is 0 Å². The van der Waals surface area contributed by atoms with Crippen molar-refractivity contribution in [2.75, 3.05) is 13.1 Å². The molecule has 2 N–H and O–H groups in total. The normalized spacial score (nSPS) is 26.1. The molecule has 0 aliphatic carbocycles. The number of halogens is 1. The summed E-state index contributed by atoms with van der Waals surface area (Å²) in [7, 11) is -3.93. The molecule has 1 aromatic rings. The quantitative estimate of drug-likeness (QED) is 0.842. The molecule has 0 aromatic heterocycles. The lowest BCUT2D eigenvalue weighted by atomic mass is 9.74. The van der Waals surface area contributed by atoms with Gasteiger partial charge in [-0.1, -0.05) is 13.3 Å². The summed E-state index contributed by atoms with van der Waals surface area (Å²) < 4.78 is 39.3. The number of carboxylic acids is 1. The third kappa shape index (κ3) is 3.24. The van der Waals surface area contributed by atoms with E-state index in [-0.39, 0.29) is 30.8 Å². The largest absolute Gasteiger partial charge is 0.481 e. The second-order valence-corrected chi connectivity index (χ2v) is 7.75. The van der Waals surface area contributed by atoms with Gasteiger partial charge in [0.25, 0.3) is 0 Å². The van der Waals surface area contributed by atoms with Crippen LogP contribution in [0.2, 0.25) is 0 Å². The van der Waals surface area contributed by atoms with Crippen LogP contribution in [0.25, 0.3) is 0 Å². The molecule has 1 unspecified atom stereocenters. The van der Waals surface area contributed by atoms with Crippen LogP contribution in [0.1, 0.15) is 26.2 Å². The van der Waals surface area contributed by atoms with Gasteiger partial charge < -0.3 is 10.2 Å². The summed E-state index contributed by atoms with van der Waals surface area (Å²) in [6.45, 7) is 1.52. The Kier molecular flexibility index (Phi) is 5.07.